The monoisotopic (exact) mass is 217 g/mol. The molecule has 0 unspecified atom stereocenters. The van der Waals surface area contributed by atoms with Crippen molar-refractivity contribution >= 4 is 48.4 Å². The van der Waals surface area contributed by atoms with Crippen LogP contribution in [0.5, 0.6) is 0 Å². The first-order valence-corrected chi connectivity index (χ1v) is 3.16. The summed E-state index contributed by atoms with van der Waals surface area (Å²) in [5.41, 5.74) is 0. The van der Waals surface area contributed by atoms with Crippen molar-refractivity contribution in [2.24, 2.45) is 4.99 Å². The third-order valence-electron chi connectivity index (χ3n) is 0.330. The number of isocyanates is 1. The Morgan fingerprint density at radius 3 is 1.92 bits per heavy atom. The van der Waals surface area contributed by atoms with E-state index < -0.39 is 13.2 Å². The molecule has 0 radical (unpaired) electrons. The van der Waals surface area contributed by atoms with Gasteiger partial charge in [0.1, 0.15) is 4.20 Å². The van der Waals surface area contributed by atoms with Gasteiger partial charge in [-0.05, 0) is 0 Å². The normalized spacial score (nSPS) is 6.46. The van der Waals surface area contributed by atoms with E-state index in [-0.39, 0.29) is 24.5 Å². The molecule has 0 saturated heterocycles. The standard InChI is InChI=1S/C3HNO2S2.BH3O3.Li.H/c5-1-4-2(6)3(7)8;2-1(3)4;;/h(H,7,8);2-4H;;/q;;+1;-1. The van der Waals surface area contributed by atoms with Gasteiger partial charge in [0.15, 0.2) is 0 Å². The molecule has 0 fully saturated rings. The first kappa shape index (κ1) is 18.7. The second kappa shape index (κ2) is 12.0. The Hall–Kier alpha value is 0.0323. The van der Waals surface area contributed by atoms with Crippen molar-refractivity contribution in [2.75, 3.05) is 0 Å². The van der Waals surface area contributed by atoms with Crippen molar-refractivity contribution < 1.29 is 44.9 Å². The molecule has 0 rings (SSSR count). The van der Waals surface area contributed by atoms with Crippen LogP contribution in [0.2, 0.25) is 0 Å². The summed E-state index contributed by atoms with van der Waals surface area (Å²) in [7, 11) is -2.17. The first-order valence-electron chi connectivity index (χ1n) is 2.31. The van der Waals surface area contributed by atoms with E-state index >= 15 is 0 Å². The van der Waals surface area contributed by atoms with E-state index in [4.69, 9.17) is 15.1 Å². The van der Waals surface area contributed by atoms with Crippen molar-refractivity contribution in [1.29, 1.82) is 0 Å². The fraction of sp³-hybridized carbons (Fsp3) is 0. The van der Waals surface area contributed by atoms with E-state index in [2.05, 4.69) is 29.8 Å². The number of hydrogen-bond acceptors (Lipinski definition) is 6. The van der Waals surface area contributed by atoms with E-state index in [1.165, 1.54) is 0 Å². The largest absolute Gasteiger partial charge is 1.00 e. The van der Waals surface area contributed by atoms with Gasteiger partial charge in [-0.2, -0.15) is 0 Å². The van der Waals surface area contributed by atoms with E-state index in [1.54, 1.807) is 0 Å². The summed E-state index contributed by atoms with van der Waals surface area (Å²) in [6.07, 6.45) is 1.04. The molecule has 0 atom stereocenters. The summed E-state index contributed by atoms with van der Waals surface area (Å²) in [5, 5.41) is 21.5. The van der Waals surface area contributed by atoms with Crippen molar-refractivity contribution in [3.63, 3.8) is 0 Å². The smallest absolute Gasteiger partial charge is 1.00 e. The number of thiocarbonyl (C=S) groups is 1. The second-order valence-electron chi connectivity index (χ2n) is 1.16. The summed E-state index contributed by atoms with van der Waals surface area (Å²) < 4.78 is -0.228. The molecule has 3 N–H and O–H groups in total. The maximum absolute atomic E-state index is 10.1. The third kappa shape index (κ3) is 24.5. The second-order valence-corrected chi connectivity index (χ2v) is 2.32. The zero-order valence-corrected chi connectivity index (χ0v) is 8.25. The molecule has 0 bridgehead atoms. The van der Waals surface area contributed by atoms with E-state index in [9.17, 15) is 9.59 Å². The third-order valence-corrected chi connectivity index (χ3v) is 0.696. The molecule has 0 aliphatic heterocycles. The first-order chi connectivity index (χ1) is 5.41. The number of nitrogens with zero attached hydrogens (tertiary/aromatic N) is 1. The van der Waals surface area contributed by atoms with Crippen LogP contribution < -0.4 is 18.9 Å². The maximum atomic E-state index is 10.1. The van der Waals surface area contributed by atoms with Crippen LogP contribution in [0.25, 0.3) is 0 Å². The molecule has 13 heavy (non-hydrogen) atoms. The van der Waals surface area contributed by atoms with Gasteiger partial charge in [0.05, 0.1) is 0 Å². The number of aliphatic imine (C=N–C) groups is 1. The van der Waals surface area contributed by atoms with Crippen LogP contribution in [0.15, 0.2) is 4.99 Å². The van der Waals surface area contributed by atoms with E-state index in [1.807, 2.05) is 0 Å². The van der Waals surface area contributed by atoms with Crippen LogP contribution in [-0.2, 0) is 9.59 Å². The van der Waals surface area contributed by atoms with Gasteiger partial charge in [0.25, 0.3) is 0 Å². The fourth-order valence-electron chi connectivity index (χ4n) is 0.0893. The van der Waals surface area contributed by atoms with Crippen LogP contribution in [0, 0.1) is 0 Å². The number of hydrogen-bond donors (Lipinski definition) is 4. The zero-order valence-electron chi connectivity index (χ0n) is 7.54. The van der Waals surface area contributed by atoms with Crippen molar-refractivity contribution in [1.82, 2.24) is 0 Å². The SMILES string of the molecule is O=C=NC(=O)C(=S)S.OB(O)O.[H-].[Li+]. The Bertz CT molecular complexity index is 216. The van der Waals surface area contributed by atoms with Gasteiger partial charge in [-0.3, -0.25) is 4.79 Å². The Labute approximate surface area is 98.3 Å². The predicted molar refractivity (Wildman–Crippen MR) is 48.2 cm³/mol. The minimum atomic E-state index is -2.17. The van der Waals surface area contributed by atoms with Gasteiger partial charge in [-0.15, -0.1) is 17.6 Å². The molecular formula is C3H5BLiNO5S2. The number of carbonyl (C=O) groups excluding carboxylic acids is 2. The van der Waals surface area contributed by atoms with E-state index in [0.29, 0.717) is 0 Å². The molecule has 68 valence electrons. The summed E-state index contributed by atoms with van der Waals surface area (Å²) >= 11 is 7.66. The van der Waals surface area contributed by atoms with Gasteiger partial charge in [-0.25, -0.2) is 4.79 Å². The Kier molecular flexibility index (Phi) is 17.4. The molecule has 10 heteroatoms. The molecule has 0 saturated carbocycles. The molecule has 0 aliphatic rings. The zero-order chi connectivity index (χ0) is 10.1. The van der Waals surface area contributed by atoms with Gasteiger partial charge in [0.2, 0.25) is 6.08 Å². The summed E-state index contributed by atoms with van der Waals surface area (Å²) in [6, 6.07) is 0. The van der Waals surface area contributed by atoms with Crippen molar-refractivity contribution in [2.45, 2.75) is 0 Å². The van der Waals surface area contributed by atoms with Gasteiger partial charge in [0, 0.05) is 0 Å². The van der Waals surface area contributed by atoms with Crippen LogP contribution in [0.1, 0.15) is 1.43 Å². The average molecular weight is 217 g/mol. The Balaban J connectivity index is -0.0000000733. The van der Waals surface area contributed by atoms with Crippen LogP contribution in [-0.4, -0.2) is 38.6 Å². The van der Waals surface area contributed by atoms with Crippen molar-refractivity contribution in [3.8, 4) is 0 Å². The molecule has 0 aromatic carbocycles. The number of amides is 1. The predicted octanol–water partition coefficient (Wildman–Crippen LogP) is -4.83. The fourth-order valence-corrected chi connectivity index (χ4v) is 0.185. The molecular weight excluding hydrogens is 212 g/mol. The quantitative estimate of drug-likeness (QED) is 0.115. The van der Waals surface area contributed by atoms with Crippen LogP contribution >= 0.6 is 24.8 Å². The van der Waals surface area contributed by atoms with E-state index in [0.717, 1.165) is 6.08 Å². The van der Waals surface area contributed by atoms with Crippen LogP contribution in [0.3, 0.4) is 0 Å². The Morgan fingerprint density at radius 2 is 1.85 bits per heavy atom. The summed E-state index contributed by atoms with van der Waals surface area (Å²) in [6.45, 7) is 0. The molecule has 0 aromatic heterocycles. The molecule has 0 aromatic rings. The molecule has 6 nitrogen and oxygen atoms in total. The maximum Gasteiger partial charge on any atom is 1.00 e. The summed E-state index contributed by atoms with van der Waals surface area (Å²) in [4.78, 5) is 22.1. The summed E-state index contributed by atoms with van der Waals surface area (Å²) in [5.74, 6) is -0.821. The van der Waals surface area contributed by atoms with Crippen LogP contribution in [0.4, 0.5) is 0 Å². The Morgan fingerprint density at radius 1 is 1.54 bits per heavy atom. The molecule has 0 aliphatic carbocycles. The molecule has 0 spiro atoms. The molecule has 1 amide bonds. The number of rotatable bonds is 1. The molecule has 0 heterocycles. The topological polar surface area (TPSA) is 107 Å². The number of carbonyl (C=O) groups is 1. The minimum Gasteiger partial charge on any atom is -1.00 e. The van der Waals surface area contributed by atoms with Gasteiger partial charge < -0.3 is 16.5 Å². The van der Waals surface area contributed by atoms with Gasteiger partial charge >= 0.3 is 32.1 Å². The van der Waals surface area contributed by atoms with Crippen molar-refractivity contribution in [3.05, 3.63) is 0 Å². The average Bonchev–Trinajstić information content (AvgIpc) is 1.86. The minimum absolute atomic E-state index is 0. The number of thiol groups is 1. The van der Waals surface area contributed by atoms with Gasteiger partial charge in [-0.1, -0.05) is 12.2 Å².